The second-order valence-electron chi connectivity index (χ2n) is 3.63. The van der Waals surface area contributed by atoms with Crippen LogP contribution in [-0.2, 0) is 11.2 Å². The van der Waals surface area contributed by atoms with Crippen molar-refractivity contribution in [2.45, 2.75) is 19.0 Å². The maximum Gasteiger partial charge on any atom is 0.397 e. The quantitative estimate of drug-likeness (QED) is 0.797. The Hall–Kier alpha value is -1.72. The van der Waals surface area contributed by atoms with E-state index < -0.39 is 18.5 Å². The van der Waals surface area contributed by atoms with E-state index in [0.717, 1.165) is 5.56 Å². The molecule has 0 aliphatic rings. The van der Waals surface area contributed by atoms with Gasteiger partial charge in [0.2, 0.25) is 5.91 Å². The number of carbonyl (C=O) groups excluding carboxylic acids is 1. The molecule has 0 aliphatic carbocycles. The van der Waals surface area contributed by atoms with E-state index in [9.17, 15) is 18.0 Å². The third kappa shape index (κ3) is 5.79. The molecular weight excluding hydrogens is 233 g/mol. The fourth-order valence-corrected chi connectivity index (χ4v) is 1.28. The molecule has 0 radical (unpaired) electrons. The summed E-state index contributed by atoms with van der Waals surface area (Å²) in [7, 11) is 0. The number of nitrogens with two attached hydrogens (primary N) is 1. The molecule has 0 saturated heterocycles. The highest BCUT2D eigenvalue weighted by atomic mass is 19.4. The lowest BCUT2D eigenvalue weighted by Crippen LogP contribution is -2.30. The summed E-state index contributed by atoms with van der Waals surface area (Å²) in [5.74, 6) is -1.01. The van der Waals surface area contributed by atoms with Crippen LogP contribution in [0.25, 0.3) is 0 Å². The number of hydrogen-bond acceptors (Lipinski definition) is 2. The maximum atomic E-state index is 11.8. The maximum absolute atomic E-state index is 11.8. The van der Waals surface area contributed by atoms with Crippen molar-refractivity contribution in [3.63, 3.8) is 0 Å². The Morgan fingerprint density at radius 3 is 2.35 bits per heavy atom. The monoisotopic (exact) mass is 246 g/mol. The number of halogens is 3. The lowest BCUT2D eigenvalue weighted by molar-refractivity contribution is -0.153. The van der Waals surface area contributed by atoms with Crippen molar-refractivity contribution in [2.24, 2.45) is 0 Å². The highest BCUT2D eigenvalue weighted by Crippen LogP contribution is 2.18. The summed E-state index contributed by atoms with van der Waals surface area (Å²) >= 11 is 0. The first kappa shape index (κ1) is 13.3. The fourth-order valence-electron chi connectivity index (χ4n) is 1.28. The minimum Gasteiger partial charge on any atom is -0.399 e. The van der Waals surface area contributed by atoms with Crippen LogP contribution in [0.1, 0.15) is 12.0 Å². The number of amides is 1. The van der Waals surface area contributed by atoms with E-state index >= 15 is 0 Å². The van der Waals surface area contributed by atoms with Crippen molar-refractivity contribution in [1.82, 2.24) is 5.32 Å². The number of nitrogen functional groups attached to an aromatic ring is 1. The van der Waals surface area contributed by atoms with Crippen molar-refractivity contribution in [3.8, 4) is 0 Å². The molecule has 17 heavy (non-hydrogen) atoms. The molecule has 0 fully saturated rings. The van der Waals surface area contributed by atoms with Crippen molar-refractivity contribution >= 4 is 11.6 Å². The van der Waals surface area contributed by atoms with Crippen molar-refractivity contribution in [1.29, 1.82) is 0 Å². The number of alkyl halides is 3. The lowest BCUT2D eigenvalue weighted by Gasteiger charge is -2.07. The molecule has 0 unspecified atom stereocenters. The van der Waals surface area contributed by atoms with E-state index in [1.807, 2.05) is 0 Å². The van der Waals surface area contributed by atoms with Crippen molar-refractivity contribution in [3.05, 3.63) is 29.8 Å². The predicted octanol–water partition coefficient (Wildman–Crippen LogP) is 1.88. The summed E-state index contributed by atoms with van der Waals surface area (Å²) in [6.45, 7) is 0.179. The Bertz CT molecular complexity index is 373. The first-order valence-corrected chi connectivity index (χ1v) is 5.05. The van der Waals surface area contributed by atoms with Gasteiger partial charge in [-0.25, -0.2) is 0 Å². The highest BCUT2D eigenvalue weighted by molar-refractivity contribution is 5.76. The third-order valence-corrected chi connectivity index (χ3v) is 2.08. The standard InChI is InChI=1S/C11H13F3N2O/c12-11(13,14)7-10(17)16-6-5-8-1-3-9(15)4-2-8/h1-4H,5-7,15H2,(H,16,17). The first-order valence-electron chi connectivity index (χ1n) is 5.05. The van der Waals surface area contributed by atoms with Crippen LogP contribution in [0.15, 0.2) is 24.3 Å². The van der Waals surface area contributed by atoms with E-state index in [4.69, 9.17) is 5.73 Å². The van der Waals surface area contributed by atoms with Gasteiger partial charge in [-0.15, -0.1) is 0 Å². The van der Waals surface area contributed by atoms with Gasteiger partial charge in [-0.2, -0.15) is 13.2 Å². The van der Waals surface area contributed by atoms with Gasteiger partial charge in [0.25, 0.3) is 0 Å². The SMILES string of the molecule is Nc1ccc(CCNC(=O)CC(F)(F)F)cc1. The van der Waals surface area contributed by atoms with Gasteiger partial charge in [0, 0.05) is 12.2 Å². The van der Waals surface area contributed by atoms with Crippen molar-refractivity contribution < 1.29 is 18.0 Å². The van der Waals surface area contributed by atoms with Gasteiger partial charge in [0.15, 0.2) is 0 Å². The van der Waals surface area contributed by atoms with Crippen molar-refractivity contribution in [2.75, 3.05) is 12.3 Å². The first-order chi connectivity index (χ1) is 7.87. The molecule has 0 atom stereocenters. The fraction of sp³-hybridized carbons (Fsp3) is 0.364. The largest absolute Gasteiger partial charge is 0.399 e. The van der Waals surface area contributed by atoms with Gasteiger partial charge < -0.3 is 11.1 Å². The normalized spacial score (nSPS) is 11.2. The minimum absolute atomic E-state index is 0.179. The molecule has 0 bridgehead atoms. The average molecular weight is 246 g/mol. The number of hydrogen-bond donors (Lipinski definition) is 2. The Morgan fingerprint density at radius 2 is 1.82 bits per heavy atom. The van der Waals surface area contributed by atoms with E-state index in [-0.39, 0.29) is 6.54 Å². The summed E-state index contributed by atoms with van der Waals surface area (Å²) in [6.07, 6.45) is -5.41. The Labute approximate surface area is 96.8 Å². The molecule has 1 aromatic rings. The second kappa shape index (κ2) is 5.56. The van der Waals surface area contributed by atoms with Crippen LogP contribution in [-0.4, -0.2) is 18.6 Å². The topological polar surface area (TPSA) is 55.1 Å². The molecule has 94 valence electrons. The summed E-state index contributed by atoms with van der Waals surface area (Å²) < 4.78 is 35.5. The molecule has 3 nitrogen and oxygen atoms in total. The van der Waals surface area contributed by atoms with Gasteiger partial charge in [-0.05, 0) is 24.1 Å². The number of rotatable bonds is 4. The van der Waals surface area contributed by atoms with Crippen LogP contribution in [0.2, 0.25) is 0 Å². The summed E-state index contributed by atoms with van der Waals surface area (Å²) in [5.41, 5.74) is 7.01. The van der Waals surface area contributed by atoms with Crippen LogP contribution < -0.4 is 11.1 Å². The van der Waals surface area contributed by atoms with Crippen LogP contribution in [0.4, 0.5) is 18.9 Å². The second-order valence-corrected chi connectivity index (χ2v) is 3.63. The van der Waals surface area contributed by atoms with Gasteiger partial charge in [-0.1, -0.05) is 12.1 Å². The zero-order valence-electron chi connectivity index (χ0n) is 9.05. The predicted molar refractivity (Wildman–Crippen MR) is 58.2 cm³/mol. The average Bonchev–Trinajstić information content (AvgIpc) is 2.18. The molecule has 1 aromatic carbocycles. The van der Waals surface area contributed by atoms with E-state index in [2.05, 4.69) is 5.32 Å². The molecule has 3 N–H and O–H groups in total. The number of carbonyl (C=O) groups is 1. The van der Waals surface area contributed by atoms with Gasteiger partial charge in [0.05, 0.1) is 0 Å². The van der Waals surface area contributed by atoms with E-state index in [1.54, 1.807) is 24.3 Å². The summed E-state index contributed by atoms with van der Waals surface area (Å²) in [5, 5.41) is 2.21. The highest BCUT2D eigenvalue weighted by Gasteiger charge is 2.30. The number of nitrogens with one attached hydrogen (secondary N) is 1. The van der Waals surface area contributed by atoms with Crippen LogP contribution in [0.5, 0.6) is 0 Å². The smallest absolute Gasteiger partial charge is 0.397 e. The molecule has 1 rings (SSSR count). The zero-order valence-corrected chi connectivity index (χ0v) is 9.05. The molecule has 0 spiro atoms. The van der Waals surface area contributed by atoms with Crippen LogP contribution in [0, 0.1) is 0 Å². The van der Waals surface area contributed by atoms with Gasteiger partial charge in [-0.3, -0.25) is 4.79 Å². The molecule has 1 amide bonds. The molecule has 0 saturated carbocycles. The molecular formula is C11H13F3N2O. The van der Waals surface area contributed by atoms with Crippen LogP contribution in [0.3, 0.4) is 0 Å². The number of benzene rings is 1. The molecule has 0 aromatic heterocycles. The zero-order chi connectivity index (χ0) is 12.9. The lowest BCUT2D eigenvalue weighted by atomic mass is 10.1. The number of anilines is 1. The molecule has 0 heterocycles. The van der Waals surface area contributed by atoms with Crippen LogP contribution >= 0.6 is 0 Å². The van der Waals surface area contributed by atoms with E-state index in [1.165, 1.54) is 0 Å². The minimum atomic E-state index is -4.45. The molecule has 0 aliphatic heterocycles. The summed E-state index contributed by atoms with van der Waals surface area (Å²) in [4.78, 5) is 10.9. The van der Waals surface area contributed by atoms with Gasteiger partial charge >= 0.3 is 6.18 Å². The van der Waals surface area contributed by atoms with E-state index in [0.29, 0.717) is 12.1 Å². The molecule has 6 heteroatoms. The summed E-state index contributed by atoms with van der Waals surface area (Å²) in [6, 6.07) is 6.94. The van der Waals surface area contributed by atoms with Gasteiger partial charge in [0.1, 0.15) is 6.42 Å². The Kier molecular flexibility index (Phi) is 4.37. The third-order valence-electron chi connectivity index (χ3n) is 2.08. The Morgan fingerprint density at radius 1 is 1.24 bits per heavy atom. The Balaban J connectivity index is 2.28.